The summed E-state index contributed by atoms with van der Waals surface area (Å²) in [5.74, 6) is -1.05. The van der Waals surface area contributed by atoms with Gasteiger partial charge in [0.05, 0.1) is 22.8 Å². The fraction of sp³-hybridized carbons (Fsp3) is 0.250. The Morgan fingerprint density at radius 3 is 2.62 bits per heavy atom. The molecule has 24 heavy (non-hydrogen) atoms. The highest BCUT2D eigenvalue weighted by atomic mass is 32.2. The third-order valence-corrected chi connectivity index (χ3v) is 5.79. The van der Waals surface area contributed by atoms with E-state index < -0.39 is 21.7 Å². The summed E-state index contributed by atoms with van der Waals surface area (Å²) in [5.41, 5.74) is 0.472. The van der Waals surface area contributed by atoms with Crippen LogP contribution >= 0.6 is 11.3 Å². The van der Waals surface area contributed by atoms with Crippen molar-refractivity contribution >= 4 is 38.1 Å². The lowest BCUT2D eigenvalue weighted by molar-refractivity contribution is 0.0528. The fourth-order valence-electron chi connectivity index (χ4n) is 1.95. The molecule has 0 unspecified atom stereocenters. The quantitative estimate of drug-likeness (QED) is 0.793. The van der Waals surface area contributed by atoms with Crippen LogP contribution in [0.15, 0.2) is 40.6 Å². The van der Waals surface area contributed by atoms with Crippen LogP contribution in [0.3, 0.4) is 0 Å². The molecule has 0 bridgehead atoms. The maximum Gasteiger partial charge on any atom is 0.341 e. The first-order chi connectivity index (χ1) is 11.4. The van der Waals surface area contributed by atoms with Crippen molar-refractivity contribution in [1.29, 1.82) is 0 Å². The number of thiophene rings is 1. The molecule has 1 aromatic heterocycles. The van der Waals surface area contributed by atoms with Gasteiger partial charge in [0.1, 0.15) is 5.00 Å². The van der Waals surface area contributed by atoms with Gasteiger partial charge in [-0.3, -0.25) is 4.79 Å². The van der Waals surface area contributed by atoms with Crippen LogP contribution in [0, 0.1) is 0 Å². The van der Waals surface area contributed by atoms with Gasteiger partial charge in [0, 0.05) is 5.56 Å². The van der Waals surface area contributed by atoms with E-state index in [-0.39, 0.29) is 28.4 Å². The number of hydrogen-bond donors (Lipinski definition) is 1. The lowest BCUT2D eigenvalue weighted by atomic mass is 10.2. The first-order valence-electron chi connectivity index (χ1n) is 7.27. The van der Waals surface area contributed by atoms with Gasteiger partial charge in [0.2, 0.25) is 0 Å². The SMILES string of the molecule is CCOC(=O)c1ccsc1NC(=O)c1cccc(S(=O)(=O)CC)c1. The van der Waals surface area contributed by atoms with Gasteiger partial charge in [-0.2, -0.15) is 0 Å². The normalized spacial score (nSPS) is 11.1. The van der Waals surface area contributed by atoms with Gasteiger partial charge in [-0.25, -0.2) is 13.2 Å². The van der Waals surface area contributed by atoms with Crippen LogP contribution in [0.2, 0.25) is 0 Å². The van der Waals surface area contributed by atoms with E-state index in [1.807, 2.05) is 0 Å². The molecule has 0 spiro atoms. The molecule has 0 aliphatic heterocycles. The number of amides is 1. The number of carbonyl (C=O) groups is 2. The molecule has 1 amide bonds. The monoisotopic (exact) mass is 367 g/mol. The molecular weight excluding hydrogens is 350 g/mol. The second-order valence-electron chi connectivity index (χ2n) is 4.77. The molecule has 0 atom stereocenters. The van der Waals surface area contributed by atoms with Crippen LogP contribution in [0.25, 0.3) is 0 Å². The molecule has 6 nitrogen and oxygen atoms in total. The Bertz CT molecular complexity index is 855. The molecule has 2 rings (SSSR count). The molecule has 0 aliphatic rings. The summed E-state index contributed by atoms with van der Waals surface area (Å²) in [4.78, 5) is 24.3. The highest BCUT2D eigenvalue weighted by Gasteiger charge is 2.18. The number of carbonyl (C=O) groups excluding carboxylic acids is 2. The van der Waals surface area contributed by atoms with Crippen molar-refractivity contribution in [2.45, 2.75) is 18.7 Å². The first kappa shape index (κ1) is 18.2. The summed E-state index contributed by atoms with van der Waals surface area (Å²) in [6.07, 6.45) is 0. The Morgan fingerprint density at radius 1 is 1.21 bits per heavy atom. The molecule has 1 N–H and O–H groups in total. The van der Waals surface area contributed by atoms with Gasteiger partial charge < -0.3 is 10.1 Å². The van der Waals surface area contributed by atoms with Crippen molar-refractivity contribution in [3.63, 3.8) is 0 Å². The Balaban J connectivity index is 2.24. The summed E-state index contributed by atoms with van der Waals surface area (Å²) < 4.78 is 28.8. The number of nitrogens with one attached hydrogen (secondary N) is 1. The molecule has 0 radical (unpaired) electrons. The average Bonchev–Trinajstić information content (AvgIpc) is 3.03. The zero-order valence-electron chi connectivity index (χ0n) is 13.2. The summed E-state index contributed by atoms with van der Waals surface area (Å²) in [7, 11) is -3.40. The third-order valence-electron chi connectivity index (χ3n) is 3.22. The number of esters is 1. The van der Waals surface area contributed by atoms with E-state index in [1.54, 1.807) is 25.3 Å². The summed E-state index contributed by atoms with van der Waals surface area (Å²) in [5, 5.41) is 4.66. The van der Waals surface area contributed by atoms with Crippen molar-refractivity contribution in [1.82, 2.24) is 0 Å². The van der Waals surface area contributed by atoms with Crippen molar-refractivity contribution in [3.05, 3.63) is 46.8 Å². The van der Waals surface area contributed by atoms with Gasteiger partial charge in [0.15, 0.2) is 9.84 Å². The molecule has 0 saturated heterocycles. The molecule has 8 heteroatoms. The number of sulfone groups is 1. The van der Waals surface area contributed by atoms with Crippen LogP contribution in [-0.2, 0) is 14.6 Å². The molecular formula is C16H17NO5S2. The number of rotatable bonds is 6. The van der Waals surface area contributed by atoms with Crippen molar-refractivity contribution in [2.75, 3.05) is 17.7 Å². The van der Waals surface area contributed by atoms with Gasteiger partial charge in [0.25, 0.3) is 5.91 Å². The van der Waals surface area contributed by atoms with Crippen LogP contribution in [-0.4, -0.2) is 32.7 Å². The largest absolute Gasteiger partial charge is 0.462 e. The summed E-state index contributed by atoms with van der Waals surface area (Å²) >= 11 is 1.19. The number of benzene rings is 1. The standard InChI is InChI=1S/C16H17NO5S2/c1-3-22-16(19)13-8-9-23-15(13)17-14(18)11-6-5-7-12(10-11)24(20,21)4-2/h5-10H,3-4H2,1-2H3,(H,17,18). The Labute approximate surface area is 144 Å². The fourth-order valence-corrected chi connectivity index (χ4v) is 3.64. The molecule has 1 aromatic carbocycles. The van der Waals surface area contributed by atoms with Crippen LogP contribution in [0.5, 0.6) is 0 Å². The van der Waals surface area contributed by atoms with Gasteiger partial charge >= 0.3 is 5.97 Å². The van der Waals surface area contributed by atoms with Gasteiger partial charge in [-0.15, -0.1) is 11.3 Å². The second kappa shape index (κ2) is 7.59. The van der Waals surface area contributed by atoms with Crippen LogP contribution < -0.4 is 5.32 Å². The van der Waals surface area contributed by atoms with E-state index in [0.29, 0.717) is 5.00 Å². The van der Waals surface area contributed by atoms with E-state index >= 15 is 0 Å². The maximum absolute atomic E-state index is 12.4. The Morgan fingerprint density at radius 2 is 1.96 bits per heavy atom. The Kier molecular flexibility index (Phi) is 5.74. The topological polar surface area (TPSA) is 89.5 Å². The Hall–Kier alpha value is -2.19. The van der Waals surface area contributed by atoms with E-state index in [0.717, 1.165) is 0 Å². The van der Waals surface area contributed by atoms with Crippen molar-refractivity contribution in [3.8, 4) is 0 Å². The number of anilines is 1. The minimum atomic E-state index is -3.40. The van der Waals surface area contributed by atoms with Crippen LogP contribution in [0.1, 0.15) is 34.6 Å². The zero-order valence-corrected chi connectivity index (χ0v) is 14.9. The number of hydrogen-bond acceptors (Lipinski definition) is 6. The maximum atomic E-state index is 12.4. The lowest BCUT2D eigenvalue weighted by Crippen LogP contribution is -2.15. The van der Waals surface area contributed by atoms with Crippen LogP contribution in [0.4, 0.5) is 5.00 Å². The second-order valence-corrected chi connectivity index (χ2v) is 7.96. The molecule has 1 heterocycles. The number of ether oxygens (including phenoxy) is 1. The zero-order chi connectivity index (χ0) is 17.7. The van der Waals surface area contributed by atoms with Gasteiger partial charge in [-0.05, 0) is 36.6 Å². The first-order valence-corrected chi connectivity index (χ1v) is 9.81. The predicted octanol–water partition coefficient (Wildman–Crippen LogP) is 2.97. The summed E-state index contributed by atoms with van der Waals surface area (Å²) in [6, 6.07) is 7.37. The smallest absolute Gasteiger partial charge is 0.341 e. The van der Waals surface area contributed by atoms with E-state index in [9.17, 15) is 18.0 Å². The van der Waals surface area contributed by atoms with E-state index in [4.69, 9.17) is 4.74 Å². The highest BCUT2D eigenvalue weighted by Crippen LogP contribution is 2.25. The van der Waals surface area contributed by atoms with Crippen molar-refractivity contribution in [2.24, 2.45) is 0 Å². The highest BCUT2D eigenvalue weighted by molar-refractivity contribution is 7.91. The molecule has 0 saturated carbocycles. The summed E-state index contributed by atoms with van der Waals surface area (Å²) in [6.45, 7) is 3.47. The molecule has 2 aromatic rings. The van der Waals surface area contributed by atoms with E-state index in [1.165, 1.54) is 35.6 Å². The van der Waals surface area contributed by atoms with E-state index in [2.05, 4.69) is 5.32 Å². The lowest BCUT2D eigenvalue weighted by Gasteiger charge is -2.07. The van der Waals surface area contributed by atoms with Gasteiger partial charge in [-0.1, -0.05) is 13.0 Å². The average molecular weight is 367 g/mol. The third kappa shape index (κ3) is 4.01. The minimum absolute atomic E-state index is 0.0456. The van der Waals surface area contributed by atoms with Crippen molar-refractivity contribution < 1.29 is 22.7 Å². The molecule has 128 valence electrons. The molecule has 0 fully saturated rings. The minimum Gasteiger partial charge on any atom is -0.462 e. The predicted molar refractivity (Wildman–Crippen MR) is 92.4 cm³/mol. The molecule has 0 aliphatic carbocycles.